The number of carbonyl (C=O) groups excluding carboxylic acids is 2. The number of rotatable bonds is 4. The van der Waals surface area contributed by atoms with E-state index in [0.717, 1.165) is 11.1 Å². The van der Waals surface area contributed by atoms with Crippen LogP contribution >= 0.6 is 0 Å². The molecule has 2 amide bonds. The maximum Gasteiger partial charge on any atom is 0.262 e. The summed E-state index contributed by atoms with van der Waals surface area (Å²) >= 11 is 0. The number of hydrogen-bond acceptors (Lipinski definition) is 4. The molecule has 1 aliphatic rings. The SMILES string of the molecule is Cc1cccc(OCC(=O)Nc2cc(C)cc3c2OCC(=O)N3)c1. The van der Waals surface area contributed by atoms with Gasteiger partial charge in [0.1, 0.15) is 5.75 Å². The van der Waals surface area contributed by atoms with Gasteiger partial charge in [0.25, 0.3) is 11.8 Å². The van der Waals surface area contributed by atoms with Crippen molar-refractivity contribution in [3.05, 3.63) is 47.5 Å². The summed E-state index contributed by atoms with van der Waals surface area (Å²) in [5, 5.41) is 5.50. The van der Waals surface area contributed by atoms with Gasteiger partial charge in [0.15, 0.2) is 19.0 Å². The van der Waals surface area contributed by atoms with Crippen LogP contribution in [0.5, 0.6) is 11.5 Å². The number of benzene rings is 2. The molecule has 0 spiro atoms. The molecule has 0 aliphatic carbocycles. The fourth-order valence-corrected chi connectivity index (χ4v) is 2.48. The van der Waals surface area contributed by atoms with E-state index >= 15 is 0 Å². The first-order valence-corrected chi connectivity index (χ1v) is 7.58. The zero-order valence-corrected chi connectivity index (χ0v) is 13.5. The second kappa shape index (κ2) is 6.62. The first kappa shape index (κ1) is 15.9. The van der Waals surface area contributed by atoms with E-state index in [1.807, 2.05) is 32.0 Å². The van der Waals surface area contributed by atoms with Crippen LogP contribution in [0.3, 0.4) is 0 Å². The number of fused-ring (bicyclic) bond motifs is 1. The van der Waals surface area contributed by atoms with E-state index in [-0.39, 0.29) is 25.0 Å². The lowest BCUT2D eigenvalue weighted by atomic mass is 10.1. The van der Waals surface area contributed by atoms with Crippen LogP contribution in [-0.4, -0.2) is 25.0 Å². The molecule has 0 saturated carbocycles. The van der Waals surface area contributed by atoms with Crippen molar-refractivity contribution in [2.24, 2.45) is 0 Å². The fourth-order valence-electron chi connectivity index (χ4n) is 2.48. The van der Waals surface area contributed by atoms with Crippen LogP contribution in [0.2, 0.25) is 0 Å². The molecule has 2 N–H and O–H groups in total. The second-order valence-corrected chi connectivity index (χ2v) is 5.68. The van der Waals surface area contributed by atoms with Crippen LogP contribution in [0.1, 0.15) is 11.1 Å². The maximum atomic E-state index is 12.2. The Morgan fingerprint density at radius 2 is 2.08 bits per heavy atom. The second-order valence-electron chi connectivity index (χ2n) is 5.68. The molecule has 1 aliphatic heterocycles. The first-order chi connectivity index (χ1) is 11.5. The molecule has 0 saturated heterocycles. The number of carbonyl (C=O) groups is 2. The van der Waals surface area contributed by atoms with Gasteiger partial charge in [0, 0.05) is 0 Å². The number of aryl methyl sites for hydroxylation is 2. The Bertz CT molecular complexity index is 802. The lowest BCUT2D eigenvalue weighted by Crippen LogP contribution is -2.27. The lowest BCUT2D eigenvalue weighted by molar-refractivity contribution is -0.118. The molecular formula is C18H18N2O4. The molecule has 0 radical (unpaired) electrons. The van der Waals surface area contributed by atoms with E-state index < -0.39 is 0 Å². The highest BCUT2D eigenvalue weighted by Crippen LogP contribution is 2.36. The Hall–Kier alpha value is -3.02. The molecule has 0 aromatic heterocycles. The third kappa shape index (κ3) is 3.65. The average Bonchev–Trinajstić information content (AvgIpc) is 2.52. The van der Waals surface area contributed by atoms with Gasteiger partial charge in [0.05, 0.1) is 11.4 Å². The largest absolute Gasteiger partial charge is 0.484 e. The van der Waals surface area contributed by atoms with Crippen LogP contribution in [0, 0.1) is 13.8 Å². The van der Waals surface area contributed by atoms with Crippen molar-refractivity contribution in [3.8, 4) is 11.5 Å². The van der Waals surface area contributed by atoms with Crippen LogP contribution in [0.4, 0.5) is 11.4 Å². The van der Waals surface area contributed by atoms with Gasteiger partial charge >= 0.3 is 0 Å². The minimum atomic E-state index is -0.301. The summed E-state index contributed by atoms with van der Waals surface area (Å²) in [6.45, 7) is 3.65. The predicted molar refractivity (Wildman–Crippen MR) is 90.6 cm³/mol. The van der Waals surface area contributed by atoms with Gasteiger partial charge in [-0.25, -0.2) is 0 Å². The third-order valence-electron chi connectivity index (χ3n) is 3.49. The number of anilines is 2. The summed E-state index contributed by atoms with van der Waals surface area (Å²) in [6.07, 6.45) is 0. The molecule has 6 heteroatoms. The van der Waals surface area contributed by atoms with Crippen LogP contribution < -0.4 is 20.1 Å². The van der Waals surface area contributed by atoms with E-state index in [0.29, 0.717) is 22.9 Å². The van der Waals surface area contributed by atoms with Gasteiger partial charge in [0.2, 0.25) is 0 Å². The molecule has 24 heavy (non-hydrogen) atoms. The van der Waals surface area contributed by atoms with E-state index in [4.69, 9.17) is 9.47 Å². The molecule has 2 aromatic rings. The fraction of sp³-hybridized carbons (Fsp3) is 0.222. The highest BCUT2D eigenvalue weighted by molar-refractivity contribution is 6.00. The van der Waals surface area contributed by atoms with Crippen LogP contribution in [0.15, 0.2) is 36.4 Å². The minimum absolute atomic E-state index is 0.0707. The third-order valence-corrected chi connectivity index (χ3v) is 3.49. The summed E-state index contributed by atoms with van der Waals surface area (Å²) < 4.78 is 10.9. The minimum Gasteiger partial charge on any atom is -0.484 e. The number of amides is 2. The van der Waals surface area contributed by atoms with E-state index in [1.54, 1.807) is 18.2 Å². The molecule has 1 heterocycles. The molecule has 0 fully saturated rings. The van der Waals surface area contributed by atoms with Crippen LogP contribution in [0.25, 0.3) is 0 Å². The van der Waals surface area contributed by atoms with Crippen molar-refractivity contribution in [1.82, 2.24) is 0 Å². The zero-order valence-electron chi connectivity index (χ0n) is 13.5. The molecule has 124 valence electrons. The molecule has 0 unspecified atom stereocenters. The Balaban J connectivity index is 1.69. The number of nitrogens with one attached hydrogen (secondary N) is 2. The van der Waals surface area contributed by atoms with Crippen molar-refractivity contribution in [1.29, 1.82) is 0 Å². The van der Waals surface area contributed by atoms with E-state index in [9.17, 15) is 9.59 Å². The summed E-state index contributed by atoms with van der Waals surface area (Å²) in [5.74, 6) is 0.585. The van der Waals surface area contributed by atoms with Gasteiger partial charge in [-0.05, 0) is 49.2 Å². The topological polar surface area (TPSA) is 76.7 Å². The van der Waals surface area contributed by atoms with Gasteiger partial charge in [-0.2, -0.15) is 0 Å². The van der Waals surface area contributed by atoms with Crippen molar-refractivity contribution >= 4 is 23.2 Å². The summed E-state index contributed by atoms with van der Waals surface area (Å²) in [5.41, 5.74) is 3.03. The van der Waals surface area contributed by atoms with E-state index in [1.165, 1.54) is 0 Å². The standard InChI is InChI=1S/C18H18N2O4/c1-11-4-3-5-13(6-11)23-9-16(21)19-14-7-12(2)8-15-18(14)24-10-17(22)20-15/h3-8H,9-10H2,1-2H3,(H,19,21)(H,20,22). The van der Waals surface area contributed by atoms with Gasteiger partial charge in [-0.15, -0.1) is 0 Å². The predicted octanol–water partition coefficient (Wildman–Crippen LogP) is 2.65. The maximum absolute atomic E-state index is 12.2. The molecule has 0 atom stereocenters. The monoisotopic (exact) mass is 326 g/mol. The lowest BCUT2D eigenvalue weighted by Gasteiger charge is -2.21. The van der Waals surface area contributed by atoms with E-state index in [2.05, 4.69) is 10.6 Å². The summed E-state index contributed by atoms with van der Waals surface area (Å²) in [4.78, 5) is 23.6. The molecule has 3 rings (SSSR count). The quantitative estimate of drug-likeness (QED) is 0.905. The Morgan fingerprint density at radius 3 is 2.88 bits per heavy atom. The number of ether oxygens (including phenoxy) is 2. The molecule has 2 aromatic carbocycles. The Morgan fingerprint density at radius 1 is 1.25 bits per heavy atom. The normalized spacial score (nSPS) is 12.7. The van der Waals surface area contributed by atoms with Gasteiger partial charge < -0.3 is 20.1 Å². The van der Waals surface area contributed by atoms with Gasteiger partial charge in [-0.1, -0.05) is 12.1 Å². The van der Waals surface area contributed by atoms with Gasteiger partial charge in [-0.3, -0.25) is 9.59 Å². The highest BCUT2D eigenvalue weighted by Gasteiger charge is 2.21. The molecule has 0 bridgehead atoms. The Kier molecular flexibility index (Phi) is 4.37. The average molecular weight is 326 g/mol. The smallest absolute Gasteiger partial charge is 0.262 e. The van der Waals surface area contributed by atoms with Crippen molar-refractivity contribution in [3.63, 3.8) is 0 Å². The van der Waals surface area contributed by atoms with Crippen LogP contribution in [-0.2, 0) is 9.59 Å². The summed E-state index contributed by atoms with van der Waals surface area (Å²) in [6, 6.07) is 11.1. The van der Waals surface area contributed by atoms with Crippen molar-refractivity contribution in [2.75, 3.05) is 23.8 Å². The van der Waals surface area contributed by atoms with Crippen molar-refractivity contribution < 1.29 is 19.1 Å². The Labute approximate surface area is 139 Å². The summed E-state index contributed by atoms with van der Waals surface area (Å²) in [7, 11) is 0. The number of hydrogen-bond donors (Lipinski definition) is 2. The first-order valence-electron chi connectivity index (χ1n) is 7.58. The highest BCUT2D eigenvalue weighted by atomic mass is 16.5. The van der Waals surface area contributed by atoms with Crippen molar-refractivity contribution in [2.45, 2.75) is 13.8 Å². The zero-order chi connectivity index (χ0) is 17.1. The molecular weight excluding hydrogens is 308 g/mol. The molecule has 6 nitrogen and oxygen atoms in total.